The van der Waals surface area contributed by atoms with E-state index in [2.05, 4.69) is 36.7 Å². The zero-order chi connectivity index (χ0) is 12.0. The molecule has 0 aromatic heterocycles. The quantitative estimate of drug-likeness (QED) is 0.399. The Bertz CT molecular complexity index is 231. The van der Waals surface area contributed by atoms with E-state index in [1.807, 2.05) is 0 Å². The van der Waals surface area contributed by atoms with E-state index >= 15 is 0 Å². The summed E-state index contributed by atoms with van der Waals surface area (Å²) in [6.45, 7) is 7.67. The Kier molecular flexibility index (Phi) is 6.06. The summed E-state index contributed by atoms with van der Waals surface area (Å²) < 4.78 is 6.06. The Morgan fingerprint density at radius 2 is 1.88 bits per heavy atom. The van der Waals surface area contributed by atoms with Crippen LogP contribution in [0, 0.1) is 0 Å². The molecule has 0 aliphatic heterocycles. The van der Waals surface area contributed by atoms with Gasteiger partial charge in [0.1, 0.15) is 0 Å². The smallest absolute Gasteiger partial charge is 0.0660 e. The average molecular weight is 289 g/mol. The van der Waals surface area contributed by atoms with Gasteiger partial charge >= 0.3 is 0 Å². The zero-order valence-corrected chi connectivity index (χ0v) is 12.5. The third-order valence-corrected chi connectivity index (χ3v) is 4.16. The summed E-state index contributed by atoms with van der Waals surface area (Å²) in [6.07, 6.45) is 7.25. The van der Waals surface area contributed by atoms with Crippen LogP contribution < -0.4 is 0 Å². The summed E-state index contributed by atoms with van der Waals surface area (Å²) in [5.74, 6) is 0. The van der Waals surface area contributed by atoms with E-state index in [0.29, 0.717) is 0 Å². The molecule has 0 aromatic rings. The van der Waals surface area contributed by atoms with E-state index < -0.39 is 0 Å². The predicted molar refractivity (Wildman–Crippen MR) is 74.2 cm³/mol. The third-order valence-electron chi connectivity index (χ3n) is 3.60. The highest BCUT2D eigenvalue weighted by Gasteiger charge is 2.29. The van der Waals surface area contributed by atoms with Crippen LogP contribution in [0.15, 0.2) is 11.1 Å². The number of allylic oxidation sites excluding steroid dienone is 2. The maximum Gasteiger partial charge on any atom is 0.0660 e. The fourth-order valence-electron chi connectivity index (χ4n) is 2.24. The van der Waals surface area contributed by atoms with Crippen molar-refractivity contribution in [2.75, 3.05) is 11.9 Å². The maximum atomic E-state index is 6.06. The van der Waals surface area contributed by atoms with Crippen LogP contribution >= 0.6 is 15.9 Å². The molecule has 0 unspecified atom stereocenters. The highest BCUT2D eigenvalue weighted by molar-refractivity contribution is 9.09. The Hall–Kier alpha value is 0.180. The van der Waals surface area contributed by atoms with E-state index in [9.17, 15) is 0 Å². The molecule has 0 heterocycles. The van der Waals surface area contributed by atoms with Crippen LogP contribution in [0.4, 0.5) is 0 Å². The normalized spacial score (nSPS) is 25.9. The minimum Gasteiger partial charge on any atom is -0.375 e. The molecule has 94 valence electrons. The third kappa shape index (κ3) is 4.58. The first kappa shape index (κ1) is 14.2. The van der Waals surface area contributed by atoms with Gasteiger partial charge in [-0.2, -0.15) is 0 Å². The van der Waals surface area contributed by atoms with E-state index in [4.69, 9.17) is 4.74 Å². The first-order valence-electron chi connectivity index (χ1n) is 6.42. The molecular weight excluding hydrogens is 264 g/mol. The number of hydrogen-bond donors (Lipinski definition) is 0. The van der Waals surface area contributed by atoms with E-state index in [1.165, 1.54) is 44.1 Å². The van der Waals surface area contributed by atoms with E-state index in [0.717, 1.165) is 11.9 Å². The lowest BCUT2D eigenvalue weighted by Crippen LogP contribution is -2.32. The summed E-state index contributed by atoms with van der Waals surface area (Å²) in [6, 6.07) is 0. The highest BCUT2D eigenvalue weighted by Crippen LogP contribution is 2.35. The average Bonchev–Trinajstić information content (AvgIpc) is 2.25. The van der Waals surface area contributed by atoms with Gasteiger partial charge in [0, 0.05) is 11.9 Å². The van der Waals surface area contributed by atoms with Crippen molar-refractivity contribution in [2.24, 2.45) is 0 Å². The first-order valence-corrected chi connectivity index (χ1v) is 7.55. The van der Waals surface area contributed by atoms with Crippen LogP contribution in [-0.4, -0.2) is 17.5 Å². The molecule has 1 fully saturated rings. The van der Waals surface area contributed by atoms with Crippen molar-refractivity contribution < 1.29 is 4.74 Å². The topological polar surface area (TPSA) is 9.23 Å². The Morgan fingerprint density at radius 3 is 2.38 bits per heavy atom. The Morgan fingerprint density at radius 1 is 1.25 bits per heavy atom. The molecule has 0 spiro atoms. The number of unbranched alkanes of at least 4 members (excludes halogenated alkanes) is 1. The monoisotopic (exact) mass is 288 g/mol. The van der Waals surface area contributed by atoms with E-state index in [-0.39, 0.29) is 5.60 Å². The van der Waals surface area contributed by atoms with E-state index in [1.54, 1.807) is 5.57 Å². The van der Waals surface area contributed by atoms with Crippen molar-refractivity contribution >= 4 is 15.9 Å². The molecule has 0 radical (unpaired) electrons. The number of ether oxygens (including phenoxy) is 1. The van der Waals surface area contributed by atoms with Gasteiger partial charge in [0.2, 0.25) is 0 Å². The molecule has 1 rings (SSSR count). The van der Waals surface area contributed by atoms with Crippen LogP contribution in [0.2, 0.25) is 0 Å². The molecule has 0 bridgehead atoms. The van der Waals surface area contributed by atoms with Gasteiger partial charge in [0.15, 0.2) is 0 Å². The van der Waals surface area contributed by atoms with Crippen LogP contribution in [0.25, 0.3) is 0 Å². The molecule has 0 saturated heterocycles. The van der Waals surface area contributed by atoms with Crippen LogP contribution in [0.5, 0.6) is 0 Å². The highest BCUT2D eigenvalue weighted by atomic mass is 79.9. The van der Waals surface area contributed by atoms with Gasteiger partial charge in [-0.05, 0) is 59.3 Å². The van der Waals surface area contributed by atoms with Crippen molar-refractivity contribution in [3.63, 3.8) is 0 Å². The van der Waals surface area contributed by atoms with Gasteiger partial charge in [-0.3, -0.25) is 0 Å². The minimum absolute atomic E-state index is 0.144. The van der Waals surface area contributed by atoms with Crippen molar-refractivity contribution in [3.8, 4) is 0 Å². The largest absolute Gasteiger partial charge is 0.375 e. The standard InChI is InChI=1S/C14H25BrO/c1-12(2)13-6-8-14(3,9-7-13)16-11-5-4-10-15/h4-11H2,1-3H3. The summed E-state index contributed by atoms with van der Waals surface area (Å²) in [7, 11) is 0. The van der Waals surface area contributed by atoms with Gasteiger partial charge in [0.25, 0.3) is 0 Å². The number of rotatable bonds is 5. The van der Waals surface area contributed by atoms with Crippen molar-refractivity contribution in [1.29, 1.82) is 0 Å². The molecule has 1 aliphatic carbocycles. The van der Waals surface area contributed by atoms with Gasteiger partial charge < -0.3 is 4.74 Å². The van der Waals surface area contributed by atoms with Crippen LogP contribution in [0.1, 0.15) is 59.3 Å². The summed E-state index contributed by atoms with van der Waals surface area (Å²) in [4.78, 5) is 0. The summed E-state index contributed by atoms with van der Waals surface area (Å²) >= 11 is 3.45. The predicted octanol–water partition coefficient (Wildman–Crippen LogP) is 4.85. The zero-order valence-electron chi connectivity index (χ0n) is 10.9. The van der Waals surface area contributed by atoms with Crippen LogP contribution in [-0.2, 0) is 4.74 Å². The Balaban J connectivity index is 2.30. The molecule has 0 aromatic carbocycles. The lowest BCUT2D eigenvalue weighted by Gasteiger charge is -2.35. The SMILES string of the molecule is CC(C)=C1CCC(C)(OCCCCBr)CC1. The lowest BCUT2D eigenvalue weighted by atomic mass is 9.82. The maximum absolute atomic E-state index is 6.06. The van der Waals surface area contributed by atoms with Gasteiger partial charge in [-0.15, -0.1) is 0 Å². The minimum atomic E-state index is 0.144. The molecule has 1 aliphatic rings. The van der Waals surface area contributed by atoms with Gasteiger partial charge in [-0.25, -0.2) is 0 Å². The molecular formula is C14H25BrO. The molecule has 0 atom stereocenters. The van der Waals surface area contributed by atoms with Gasteiger partial charge in [0.05, 0.1) is 5.60 Å². The molecule has 2 heteroatoms. The van der Waals surface area contributed by atoms with Crippen molar-refractivity contribution in [1.82, 2.24) is 0 Å². The first-order chi connectivity index (χ1) is 7.57. The number of halogens is 1. The molecule has 0 amide bonds. The summed E-state index contributed by atoms with van der Waals surface area (Å²) in [5.41, 5.74) is 3.31. The number of hydrogen-bond acceptors (Lipinski definition) is 1. The van der Waals surface area contributed by atoms with Crippen molar-refractivity contribution in [2.45, 2.75) is 64.9 Å². The molecule has 16 heavy (non-hydrogen) atoms. The summed E-state index contributed by atoms with van der Waals surface area (Å²) in [5, 5.41) is 1.09. The van der Waals surface area contributed by atoms with Crippen molar-refractivity contribution in [3.05, 3.63) is 11.1 Å². The van der Waals surface area contributed by atoms with Crippen LogP contribution in [0.3, 0.4) is 0 Å². The number of alkyl halides is 1. The second-order valence-corrected chi connectivity index (χ2v) is 6.09. The Labute approximate surface area is 109 Å². The molecule has 1 nitrogen and oxygen atoms in total. The molecule has 0 N–H and O–H groups in total. The lowest BCUT2D eigenvalue weighted by molar-refractivity contribution is -0.0507. The molecule has 1 saturated carbocycles. The fraction of sp³-hybridized carbons (Fsp3) is 0.857. The fourth-order valence-corrected chi connectivity index (χ4v) is 2.64. The van der Waals surface area contributed by atoms with Gasteiger partial charge in [-0.1, -0.05) is 27.1 Å². The second-order valence-electron chi connectivity index (χ2n) is 5.30. The second kappa shape index (κ2) is 6.80.